The second-order valence-electron chi connectivity index (χ2n) is 4.78. The molecule has 0 radical (unpaired) electrons. The van der Waals surface area contributed by atoms with Crippen molar-refractivity contribution < 1.29 is 19.1 Å². The first kappa shape index (κ1) is 16.4. The van der Waals surface area contributed by atoms with E-state index in [2.05, 4.69) is 10.6 Å². The van der Waals surface area contributed by atoms with Gasteiger partial charge in [-0.1, -0.05) is 0 Å². The van der Waals surface area contributed by atoms with Crippen LogP contribution in [0.1, 0.15) is 17.3 Å². The molecule has 0 aromatic heterocycles. The van der Waals surface area contributed by atoms with E-state index in [0.29, 0.717) is 28.4 Å². The molecule has 0 spiro atoms. The van der Waals surface area contributed by atoms with Crippen molar-refractivity contribution in [2.45, 2.75) is 6.92 Å². The van der Waals surface area contributed by atoms with Crippen LogP contribution in [0, 0.1) is 0 Å². The lowest BCUT2D eigenvalue weighted by molar-refractivity contribution is -0.114. The van der Waals surface area contributed by atoms with E-state index in [1.165, 1.54) is 14.0 Å². The van der Waals surface area contributed by atoms with Gasteiger partial charge < -0.3 is 20.1 Å². The molecule has 0 aliphatic carbocycles. The summed E-state index contributed by atoms with van der Waals surface area (Å²) in [6.45, 7) is 1.39. The van der Waals surface area contributed by atoms with E-state index in [4.69, 9.17) is 9.47 Å². The van der Waals surface area contributed by atoms with E-state index in [1.807, 2.05) is 0 Å². The number of carbonyl (C=O) groups is 2. The topological polar surface area (TPSA) is 76.7 Å². The Kier molecular flexibility index (Phi) is 5.19. The minimum absolute atomic E-state index is 0.240. The Bertz CT molecular complexity index is 711. The van der Waals surface area contributed by atoms with Crippen molar-refractivity contribution >= 4 is 23.2 Å². The number of methoxy groups -OCH3 is 2. The van der Waals surface area contributed by atoms with Gasteiger partial charge >= 0.3 is 0 Å². The summed E-state index contributed by atoms with van der Waals surface area (Å²) in [6.07, 6.45) is 0. The second kappa shape index (κ2) is 7.31. The van der Waals surface area contributed by atoms with Crippen molar-refractivity contribution in [1.29, 1.82) is 0 Å². The number of amides is 2. The normalized spacial score (nSPS) is 9.87. The molecule has 6 heteroatoms. The van der Waals surface area contributed by atoms with Crippen molar-refractivity contribution in [2.75, 3.05) is 24.9 Å². The summed E-state index contributed by atoms with van der Waals surface area (Å²) in [6, 6.07) is 11.8. The highest BCUT2D eigenvalue weighted by Gasteiger charge is 2.11. The van der Waals surface area contributed by atoms with E-state index in [0.717, 1.165) is 0 Å². The number of anilines is 2. The average molecular weight is 314 g/mol. The fourth-order valence-electron chi connectivity index (χ4n) is 2.01. The van der Waals surface area contributed by atoms with Gasteiger partial charge in [-0.3, -0.25) is 9.59 Å². The zero-order valence-electron chi connectivity index (χ0n) is 13.2. The molecule has 0 fully saturated rings. The largest absolute Gasteiger partial charge is 0.497 e. The lowest BCUT2D eigenvalue weighted by Gasteiger charge is -2.11. The molecule has 6 nitrogen and oxygen atoms in total. The van der Waals surface area contributed by atoms with Crippen LogP contribution in [0.25, 0.3) is 0 Å². The molecular formula is C17H18N2O4. The number of rotatable bonds is 5. The Morgan fingerprint density at radius 3 is 2.17 bits per heavy atom. The molecule has 2 amide bonds. The zero-order chi connectivity index (χ0) is 16.8. The van der Waals surface area contributed by atoms with Crippen molar-refractivity contribution in [3.05, 3.63) is 48.0 Å². The SMILES string of the molecule is COc1ccc(NC(=O)c2ccc(OC)c(NC(C)=O)c2)cc1. The lowest BCUT2D eigenvalue weighted by atomic mass is 10.1. The Morgan fingerprint density at radius 1 is 0.913 bits per heavy atom. The average Bonchev–Trinajstić information content (AvgIpc) is 2.55. The predicted octanol–water partition coefficient (Wildman–Crippen LogP) is 2.91. The highest BCUT2D eigenvalue weighted by molar-refractivity contribution is 6.05. The van der Waals surface area contributed by atoms with Crippen molar-refractivity contribution in [1.82, 2.24) is 0 Å². The number of nitrogens with one attached hydrogen (secondary N) is 2. The molecule has 2 N–H and O–H groups in total. The van der Waals surface area contributed by atoms with Gasteiger partial charge in [0.25, 0.3) is 5.91 Å². The maximum atomic E-state index is 12.3. The zero-order valence-corrected chi connectivity index (χ0v) is 13.2. The molecule has 120 valence electrons. The molecule has 23 heavy (non-hydrogen) atoms. The van der Waals surface area contributed by atoms with Gasteiger partial charge in [0.05, 0.1) is 19.9 Å². The number of benzene rings is 2. The van der Waals surface area contributed by atoms with Crippen LogP contribution in [-0.2, 0) is 4.79 Å². The van der Waals surface area contributed by atoms with Crippen LogP contribution in [0.4, 0.5) is 11.4 Å². The lowest BCUT2D eigenvalue weighted by Crippen LogP contribution is -2.13. The monoisotopic (exact) mass is 314 g/mol. The summed E-state index contributed by atoms with van der Waals surface area (Å²) < 4.78 is 10.2. The van der Waals surface area contributed by atoms with Gasteiger partial charge in [0.15, 0.2) is 0 Å². The first-order valence-corrected chi connectivity index (χ1v) is 6.94. The van der Waals surface area contributed by atoms with E-state index in [-0.39, 0.29) is 11.8 Å². The van der Waals surface area contributed by atoms with E-state index < -0.39 is 0 Å². The van der Waals surface area contributed by atoms with Crippen LogP contribution in [0.3, 0.4) is 0 Å². The summed E-state index contributed by atoms with van der Waals surface area (Å²) in [5.74, 6) is 0.669. The first-order chi connectivity index (χ1) is 11.0. The summed E-state index contributed by atoms with van der Waals surface area (Å²) in [5, 5.41) is 5.42. The van der Waals surface area contributed by atoms with Gasteiger partial charge in [-0.2, -0.15) is 0 Å². The first-order valence-electron chi connectivity index (χ1n) is 6.94. The summed E-state index contributed by atoms with van der Waals surface area (Å²) in [4.78, 5) is 23.5. The maximum Gasteiger partial charge on any atom is 0.255 e. The van der Waals surface area contributed by atoms with Crippen molar-refractivity contribution in [3.63, 3.8) is 0 Å². The summed E-state index contributed by atoms with van der Waals surface area (Å²) in [5.41, 5.74) is 1.50. The summed E-state index contributed by atoms with van der Waals surface area (Å²) in [7, 11) is 3.08. The molecule has 2 rings (SSSR count). The smallest absolute Gasteiger partial charge is 0.255 e. The highest BCUT2D eigenvalue weighted by Crippen LogP contribution is 2.26. The van der Waals surface area contributed by atoms with Crippen LogP contribution in [0.2, 0.25) is 0 Å². The molecule has 2 aromatic rings. The molecule has 0 aliphatic rings. The van der Waals surface area contributed by atoms with Crippen LogP contribution < -0.4 is 20.1 Å². The number of hydrogen-bond acceptors (Lipinski definition) is 4. The molecular weight excluding hydrogens is 296 g/mol. The Hall–Kier alpha value is -3.02. The maximum absolute atomic E-state index is 12.3. The van der Waals surface area contributed by atoms with Crippen molar-refractivity contribution in [2.24, 2.45) is 0 Å². The minimum Gasteiger partial charge on any atom is -0.497 e. The van der Waals surface area contributed by atoms with Gasteiger partial charge in [0.2, 0.25) is 5.91 Å². The molecule has 0 saturated heterocycles. The van der Waals surface area contributed by atoms with Gasteiger partial charge in [0.1, 0.15) is 11.5 Å². The van der Waals surface area contributed by atoms with Crippen LogP contribution in [-0.4, -0.2) is 26.0 Å². The Labute approximate surface area is 134 Å². The van der Waals surface area contributed by atoms with E-state index in [1.54, 1.807) is 49.6 Å². The third-order valence-corrected chi connectivity index (χ3v) is 3.12. The van der Waals surface area contributed by atoms with Crippen LogP contribution >= 0.6 is 0 Å². The van der Waals surface area contributed by atoms with Crippen LogP contribution in [0.15, 0.2) is 42.5 Å². The van der Waals surface area contributed by atoms with Gasteiger partial charge in [0, 0.05) is 18.2 Å². The molecule has 0 saturated carbocycles. The van der Waals surface area contributed by atoms with Crippen molar-refractivity contribution in [3.8, 4) is 11.5 Å². The Morgan fingerprint density at radius 2 is 1.61 bits per heavy atom. The molecule has 0 heterocycles. The molecule has 0 atom stereocenters. The number of carbonyl (C=O) groups excluding carboxylic acids is 2. The molecule has 0 bridgehead atoms. The quantitative estimate of drug-likeness (QED) is 0.889. The van der Waals surface area contributed by atoms with Gasteiger partial charge in [-0.25, -0.2) is 0 Å². The Balaban J connectivity index is 2.19. The van der Waals surface area contributed by atoms with Gasteiger partial charge in [-0.15, -0.1) is 0 Å². The summed E-state index contributed by atoms with van der Waals surface area (Å²) >= 11 is 0. The van der Waals surface area contributed by atoms with E-state index >= 15 is 0 Å². The standard InChI is InChI=1S/C17H18N2O4/c1-11(20)18-15-10-12(4-9-16(15)23-3)17(21)19-13-5-7-14(22-2)8-6-13/h4-10H,1-3H3,(H,18,20)(H,19,21). The second-order valence-corrected chi connectivity index (χ2v) is 4.78. The van der Waals surface area contributed by atoms with E-state index in [9.17, 15) is 9.59 Å². The third-order valence-electron chi connectivity index (χ3n) is 3.12. The third kappa shape index (κ3) is 4.23. The highest BCUT2D eigenvalue weighted by atomic mass is 16.5. The molecule has 0 aliphatic heterocycles. The predicted molar refractivity (Wildman–Crippen MR) is 88.2 cm³/mol. The fraction of sp³-hybridized carbons (Fsp3) is 0.176. The number of ether oxygens (including phenoxy) is 2. The van der Waals surface area contributed by atoms with Crippen LogP contribution in [0.5, 0.6) is 11.5 Å². The molecule has 2 aromatic carbocycles. The fourth-order valence-corrected chi connectivity index (χ4v) is 2.01. The molecule has 0 unspecified atom stereocenters. The minimum atomic E-state index is -0.288. The number of hydrogen-bond donors (Lipinski definition) is 2. The van der Waals surface area contributed by atoms with Gasteiger partial charge in [-0.05, 0) is 42.5 Å².